The van der Waals surface area contributed by atoms with Crippen LogP contribution in [0, 0.1) is 0 Å². The van der Waals surface area contributed by atoms with Crippen LogP contribution in [0.3, 0.4) is 0 Å². The molecule has 0 aliphatic rings. The van der Waals surface area contributed by atoms with Crippen molar-refractivity contribution in [2.45, 2.75) is 0 Å². The van der Waals surface area contributed by atoms with Gasteiger partial charge in [0.05, 0.1) is 16.1 Å². The van der Waals surface area contributed by atoms with Crippen molar-refractivity contribution in [1.82, 2.24) is 0 Å². The molecule has 0 heterocycles. The molecule has 0 bridgehead atoms. The number of aromatic carboxylic acids is 2. The summed E-state index contributed by atoms with van der Waals surface area (Å²) in [5.41, 5.74) is -0.414. The molecule has 4 nitrogen and oxygen atoms in total. The van der Waals surface area contributed by atoms with Gasteiger partial charge in [-0.25, -0.2) is 9.59 Å². The van der Waals surface area contributed by atoms with Gasteiger partial charge in [-0.1, -0.05) is 17.7 Å². The molecule has 2 N–H and O–H groups in total. The van der Waals surface area contributed by atoms with Crippen molar-refractivity contribution in [3.63, 3.8) is 0 Å². The van der Waals surface area contributed by atoms with Gasteiger partial charge in [-0.3, -0.25) is 0 Å². The number of carboxylic acids is 2. The largest absolute Gasteiger partial charge is 0.478 e. The Kier molecular flexibility index (Phi) is 7.13. The maximum absolute atomic E-state index is 10.5. The standard InChI is InChI=1S/C8H5ClO4.2ClH/c9-6-4(7(10)11)2-1-3-5(6)8(12)13;;/h1-3H,(H,10,11)(H,12,13);2*1H. The Hall–Kier alpha value is -0.970. The fourth-order valence-electron chi connectivity index (χ4n) is 0.862. The highest BCUT2D eigenvalue weighted by molar-refractivity contribution is 6.36. The minimum Gasteiger partial charge on any atom is -0.478 e. The lowest BCUT2D eigenvalue weighted by Gasteiger charge is -2.01. The van der Waals surface area contributed by atoms with E-state index in [2.05, 4.69) is 0 Å². The summed E-state index contributed by atoms with van der Waals surface area (Å²) in [6.45, 7) is 0. The quantitative estimate of drug-likeness (QED) is 0.868. The van der Waals surface area contributed by atoms with Gasteiger partial charge in [0.15, 0.2) is 0 Å². The molecule has 84 valence electrons. The molecule has 0 fully saturated rings. The second-order valence-electron chi connectivity index (χ2n) is 2.28. The van der Waals surface area contributed by atoms with Crippen LogP contribution in [-0.2, 0) is 0 Å². The molecule has 0 radical (unpaired) electrons. The number of hydrogen-bond acceptors (Lipinski definition) is 2. The van der Waals surface area contributed by atoms with E-state index < -0.39 is 11.9 Å². The van der Waals surface area contributed by atoms with Crippen molar-refractivity contribution in [1.29, 1.82) is 0 Å². The minimum atomic E-state index is -1.24. The molecule has 0 atom stereocenters. The molecule has 0 unspecified atom stereocenters. The molecule has 0 aliphatic carbocycles. The van der Waals surface area contributed by atoms with Crippen LogP contribution in [0.4, 0.5) is 0 Å². The number of carbonyl (C=O) groups is 2. The van der Waals surface area contributed by atoms with Crippen LogP contribution in [0.1, 0.15) is 20.7 Å². The summed E-state index contributed by atoms with van der Waals surface area (Å²) in [4.78, 5) is 21.0. The van der Waals surface area contributed by atoms with Gasteiger partial charge in [0.1, 0.15) is 0 Å². The molecule has 0 saturated heterocycles. The van der Waals surface area contributed by atoms with Gasteiger partial charge in [-0.15, -0.1) is 24.8 Å². The third-order valence-electron chi connectivity index (χ3n) is 1.46. The van der Waals surface area contributed by atoms with E-state index in [1.165, 1.54) is 18.2 Å². The first kappa shape index (κ1) is 16.5. The molecule has 0 amide bonds. The number of halogens is 3. The zero-order chi connectivity index (χ0) is 10.0. The van der Waals surface area contributed by atoms with Crippen molar-refractivity contribution in [3.05, 3.63) is 34.3 Å². The Morgan fingerprint density at radius 2 is 1.33 bits per heavy atom. The van der Waals surface area contributed by atoms with E-state index in [9.17, 15) is 9.59 Å². The fraction of sp³-hybridized carbons (Fsp3) is 0. The van der Waals surface area contributed by atoms with E-state index in [1.54, 1.807) is 0 Å². The number of rotatable bonds is 2. The summed E-state index contributed by atoms with van der Waals surface area (Å²) in [5, 5.41) is 16.9. The predicted molar refractivity (Wildman–Crippen MR) is 59.9 cm³/mol. The second kappa shape index (κ2) is 6.50. The van der Waals surface area contributed by atoms with Gasteiger partial charge < -0.3 is 10.2 Å². The SMILES string of the molecule is Cl.Cl.O=C(O)c1cccc(C(=O)O)c1Cl. The lowest BCUT2D eigenvalue weighted by molar-refractivity contribution is 0.0696. The Labute approximate surface area is 103 Å². The van der Waals surface area contributed by atoms with Crippen LogP contribution in [0.5, 0.6) is 0 Å². The van der Waals surface area contributed by atoms with Gasteiger partial charge >= 0.3 is 11.9 Å². The molecule has 15 heavy (non-hydrogen) atoms. The molecule has 1 aromatic carbocycles. The maximum Gasteiger partial charge on any atom is 0.337 e. The fourth-order valence-corrected chi connectivity index (χ4v) is 1.15. The third kappa shape index (κ3) is 3.58. The van der Waals surface area contributed by atoms with E-state index in [4.69, 9.17) is 21.8 Å². The lowest BCUT2D eigenvalue weighted by Crippen LogP contribution is -2.03. The first-order chi connectivity index (χ1) is 6.04. The molecular formula is C8H7Cl3O4. The van der Waals surface area contributed by atoms with Crippen molar-refractivity contribution >= 4 is 48.4 Å². The highest BCUT2D eigenvalue weighted by atomic mass is 35.5. The molecule has 0 spiro atoms. The van der Waals surface area contributed by atoms with E-state index >= 15 is 0 Å². The lowest BCUT2D eigenvalue weighted by atomic mass is 10.1. The predicted octanol–water partition coefficient (Wildman–Crippen LogP) is 2.58. The summed E-state index contributed by atoms with van der Waals surface area (Å²) in [6.07, 6.45) is 0. The van der Waals surface area contributed by atoms with Crippen molar-refractivity contribution in [2.24, 2.45) is 0 Å². The Morgan fingerprint density at radius 1 is 1.00 bits per heavy atom. The zero-order valence-corrected chi connectivity index (χ0v) is 9.53. The van der Waals surface area contributed by atoms with E-state index in [-0.39, 0.29) is 41.0 Å². The van der Waals surface area contributed by atoms with E-state index in [0.717, 1.165) is 0 Å². The van der Waals surface area contributed by atoms with Crippen molar-refractivity contribution < 1.29 is 19.8 Å². The van der Waals surface area contributed by atoms with E-state index in [0.29, 0.717) is 0 Å². The second-order valence-corrected chi connectivity index (χ2v) is 2.66. The van der Waals surface area contributed by atoms with Gasteiger partial charge in [0.2, 0.25) is 0 Å². The minimum absolute atomic E-state index is 0. The average Bonchev–Trinajstić information content (AvgIpc) is 2.03. The van der Waals surface area contributed by atoms with Gasteiger partial charge in [0, 0.05) is 0 Å². The Bertz CT molecular complexity index is 346. The van der Waals surface area contributed by atoms with Crippen LogP contribution in [0.2, 0.25) is 5.02 Å². The van der Waals surface area contributed by atoms with Gasteiger partial charge in [-0.05, 0) is 12.1 Å². The molecular weight excluding hydrogens is 266 g/mol. The Morgan fingerprint density at radius 3 is 1.60 bits per heavy atom. The monoisotopic (exact) mass is 272 g/mol. The van der Waals surface area contributed by atoms with Crippen molar-refractivity contribution in [3.8, 4) is 0 Å². The molecule has 7 heteroatoms. The summed E-state index contributed by atoms with van der Waals surface area (Å²) in [5.74, 6) is -2.48. The van der Waals surface area contributed by atoms with Crippen LogP contribution < -0.4 is 0 Å². The number of carboxylic acid groups (broad SMARTS) is 2. The highest BCUT2D eigenvalue weighted by Gasteiger charge is 2.15. The van der Waals surface area contributed by atoms with Crippen LogP contribution in [0.25, 0.3) is 0 Å². The number of benzene rings is 1. The van der Waals surface area contributed by atoms with Gasteiger partial charge in [0.25, 0.3) is 0 Å². The average molecular weight is 273 g/mol. The molecule has 1 rings (SSSR count). The summed E-state index contributed by atoms with van der Waals surface area (Å²) in [6, 6.07) is 3.83. The van der Waals surface area contributed by atoms with Gasteiger partial charge in [-0.2, -0.15) is 0 Å². The maximum atomic E-state index is 10.5. The van der Waals surface area contributed by atoms with Crippen LogP contribution in [-0.4, -0.2) is 22.2 Å². The third-order valence-corrected chi connectivity index (χ3v) is 1.87. The smallest absolute Gasteiger partial charge is 0.337 e. The summed E-state index contributed by atoms with van der Waals surface area (Å²) >= 11 is 5.54. The van der Waals surface area contributed by atoms with Crippen LogP contribution in [0.15, 0.2) is 18.2 Å². The summed E-state index contributed by atoms with van der Waals surface area (Å²) < 4.78 is 0. The summed E-state index contributed by atoms with van der Waals surface area (Å²) in [7, 11) is 0. The first-order valence-corrected chi connectivity index (χ1v) is 3.67. The molecule has 0 aromatic heterocycles. The molecule has 0 saturated carbocycles. The van der Waals surface area contributed by atoms with Crippen molar-refractivity contribution in [2.75, 3.05) is 0 Å². The van der Waals surface area contributed by atoms with Crippen LogP contribution >= 0.6 is 36.4 Å². The normalized spacial score (nSPS) is 8.33. The highest BCUT2D eigenvalue weighted by Crippen LogP contribution is 2.20. The Balaban J connectivity index is 0. The number of hydrogen-bond donors (Lipinski definition) is 2. The topological polar surface area (TPSA) is 74.6 Å². The molecule has 1 aromatic rings. The first-order valence-electron chi connectivity index (χ1n) is 3.29. The zero-order valence-electron chi connectivity index (χ0n) is 7.14. The molecule has 0 aliphatic heterocycles. The van der Waals surface area contributed by atoms with E-state index in [1.807, 2.05) is 0 Å².